The fourth-order valence-electron chi connectivity index (χ4n) is 2.60. The predicted octanol–water partition coefficient (Wildman–Crippen LogP) is 2.68. The molecule has 0 aromatic heterocycles. The number of rotatable bonds is 5. The van der Waals surface area contributed by atoms with E-state index in [1.807, 2.05) is 55.5 Å². The van der Waals surface area contributed by atoms with E-state index in [2.05, 4.69) is 10.6 Å². The van der Waals surface area contributed by atoms with Gasteiger partial charge in [0.1, 0.15) is 17.5 Å². The van der Waals surface area contributed by atoms with Crippen molar-refractivity contribution in [2.75, 3.05) is 0 Å². The van der Waals surface area contributed by atoms with Gasteiger partial charge in [-0.3, -0.25) is 9.59 Å². The molecule has 0 unspecified atom stereocenters. The van der Waals surface area contributed by atoms with Gasteiger partial charge in [-0.05, 0) is 31.5 Å². The van der Waals surface area contributed by atoms with Gasteiger partial charge in [0, 0.05) is 18.5 Å². The van der Waals surface area contributed by atoms with Crippen molar-refractivity contribution in [3.63, 3.8) is 0 Å². The third-order valence-electron chi connectivity index (χ3n) is 3.99. The van der Waals surface area contributed by atoms with E-state index in [1.165, 1.54) is 5.56 Å². The summed E-state index contributed by atoms with van der Waals surface area (Å²) in [6.45, 7) is 2.38. The van der Waals surface area contributed by atoms with Crippen LogP contribution in [0.15, 0.2) is 48.5 Å². The number of ether oxygens (including phenoxy) is 1. The molecule has 24 heavy (non-hydrogen) atoms. The Labute approximate surface area is 141 Å². The number of aryl methyl sites for hydroxylation is 1. The average Bonchev–Trinajstić information content (AvgIpc) is 3.02. The highest BCUT2D eigenvalue weighted by Crippen LogP contribution is 2.25. The normalized spacial score (nSPS) is 16.5. The highest BCUT2D eigenvalue weighted by atomic mass is 16.5. The molecule has 0 saturated carbocycles. The lowest BCUT2D eigenvalue weighted by molar-refractivity contribution is -0.125. The van der Waals surface area contributed by atoms with Gasteiger partial charge >= 0.3 is 0 Å². The molecule has 3 rings (SSSR count). The Hall–Kier alpha value is -2.82. The highest BCUT2D eigenvalue weighted by molar-refractivity contribution is 5.90. The molecular weight excluding hydrogens is 304 g/mol. The first-order valence-electron chi connectivity index (χ1n) is 8.01. The Morgan fingerprint density at radius 3 is 2.67 bits per heavy atom. The molecule has 0 bridgehead atoms. The van der Waals surface area contributed by atoms with Crippen molar-refractivity contribution in [2.45, 2.75) is 32.4 Å². The molecule has 1 aliphatic rings. The summed E-state index contributed by atoms with van der Waals surface area (Å²) in [6, 6.07) is 15.0. The van der Waals surface area contributed by atoms with Gasteiger partial charge in [-0.2, -0.15) is 0 Å². The van der Waals surface area contributed by atoms with Crippen LogP contribution in [0.3, 0.4) is 0 Å². The van der Waals surface area contributed by atoms with Crippen LogP contribution in [0.25, 0.3) is 0 Å². The van der Waals surface area contributed by atoms with Gasteiger partial charge in [-0.1, -0.05) is 35.9 Å². The summed E-state index contributed by atoms with van der Waals surface area (Å²) < 4.78 is 5.92. The molecular formula is C19H20N2O3. The summed E-state index contributed by atoms with van der Waals surface area (Å²) in [5, 5.41) is 5.53. The summed E-state index contributed by atoms with van der Waals surface area (Å²) in [4.78, 5) is 23.3. The van der Waals surface area contributed by atoms with Gasteiger partial charge in [0.2, 0.25) is 11.8 Å². The fraction of sp³-hybridized carbons (Fsp3) is 0.263. The zero-order valence-electron chi connectivity index (χ0n) is 13.5. The van der Waals surface area contributed by atoms with Crippen molar-refractivity contribution in [1.29, 1.82) is 0 Å². The summed E-state index contributed by atoms with van der Waals surface area (Å²) in [6.07, 6.45) is 0.956. The summed E-state index contributed by atoms with van der Waals surface area (Å²) in [5.74, 6) is 1.23. The maximum Gasteiger partial charge on any atom is 0.242 e. The van der Waals surface area contributed by atoms with Crippen molar-refractivity contribution in [2.24, 2.45) is 0 Å². The number of para-hydroxylation sites is 1. The van der Waals surface area contributed by atoms with Crippen LogP contribution in [0.1, 0.15) is 24.0 Å². The Kier molecular flexibility index (Phi) is 4.79. The molecule has 0 aliphatic carbocycles. The van der Waals surface area contributed by atoms with E-state index in [-0.39, 0.29) is 11.8 Å². The minimum Gasteiger partial charge on any atom is -0.457 e. The standard InChI is InChI=1S/C19H20N2O3/c1-13-6-8-15(9-7-13)24-17-5-3-2-4-14(17)12-20-19(23)16-10-11-18(22)21-16/h2-9,16H,10-12H2,1H3,(H,20,23)(H,21,22)/t16-/m0/s1. The monoisotopic (exact) mass is 324 g/mol. The topological polar surface area (TPSA) is 67.4 Å². The second-order valence-electron chi connectivity index (χ2n) is 5.90. The van der Waals surface area contributed by atoms with Gasteiger partial charge in [-0.25, -0.2) is 0 Å². The van der Waals surface area contributed by atoms with Gasteiger partial charge in [0.25, 0.3) is 0 Å². The van der Waals surface area contributed by atoms with Crippen LogP contribution in [0.5, 0.6) is 11.5 Å². The number of carbonyl (C=O) groups is 2. The lowest BCUT2D eigenvalue weighted by Gasteiger charge is -2.14. The maximum absolute atomic E-state index is 12.1. The predicted molar refractivity (Wildman–Crippen MR) is 90.7 cm³/mol. The summed E-state index contributed by atoms with van der Waals surface area (Å²) >= 11 is 0. The van der Waals surface area contributed by atoms with E-state index >= 15 is 0 Å². The number of amides is 2. The number of nitrogens with one attached hydrogen (secondary N) is 2. The van der Waals surface area contributed by atoms with Gasteiger partial charge < -0.3 is 15.4 Å². The van der Waals surface area contributed by atoms with E-state index in [0.29, 0.717) is 25.1 Å². The third kappa shape index (κ3) is 3.93. The maximum atomic E-state index is 12.1. The Balaban J connectivity index is 1.64. The molecule has 2 aromatic carbocycles. The molecule has 5 nitrogen and oxygen atoms in total. The van der Waals surface area contributed by atoms with Crippen LogP contribution in [-0.2, 0) is 16.1 Å². The first kappa shape index (κ1) is 16.1. The fourth-order valence-corrected chi connectivity index (χ4v) is 2.60. The minimum absolute atomic E-state index is 0.0711. The van der Waals surface area contributed by atoms with Gasteiger partial charge in [0.15, 0.2) is 0 Å². The zero-order valence-corrected chi connectivity index (χ0v) is 13.5. The number of carbonyl (C=O) groups excluding carboxylic acids is 2. The first-order valence-corrected chi connectivity index (χ1v) is 8.01. The van der Waals surface area contributed by atoms with Crippen LogP contribution in [0, 0.1) is 6.92 Å². The van der Waals surface area contributed by atoms with Crippen LogP contribution in [0.4, 0.5) is 0 Å². The molecule has 1 heterocycles. The van der Waals surface area contributed by atoms with Crippen molar-refractivity contribution in [3.8, 4) is 11.5 Å². The smallest absolute Gasteiger partial charge is 0.242 e. The van der Waals surface area contributed by atoms with Crippen molar-refractivity contribution < 1.29 is 14.3 Å². The summed E-state index contributed by atoms with van der Waals surface area (Å²) in [5.41, 5.74) is 2.05. The highest BCUT2D eigenvalue weighted by Gasteiger charge is 2.26. The molecule has 5 heteroatoms. The number of benzene rings is 2. The quantitative estimate of drug-likeness (QED) is 0.888. The van der Waals surface area contributed by atoms with E-state index in [0.717, 1.165) is 11.3 Å². The molecule has 2 N–H and O–H groups in total. The SMILES string of the molecule is Cc1ccc(Oc2ccccc2CNC(=O)[C@@H]2CCC(=O)N2)cc1. The largest absolute Gasteiger partial charge is 0.457 e. The van der Waals surface area contributed by atoms with E-state index in [9.17, 15) is 9.59 Å². The van der Waals surface area contributed by atoms with Gasteiger partial charge in [0.05, 0.1) is 0 Å². The Bertz CT molecular complexity index is 741. The first-order chi connectivity index (χ1) is 11.6. The molecule has 1 aliphatic heterocycles. The Morgan fingerprint density at radius 1 is 1.21 bits per heavy atom. The third-order valence-corrected chi connectivity index (χ3v) is 3.99. The Morgan fingerprint density at radius 2 is 1.96 bits per heavy atom. The second-order valence-corrected chi connectivity index (χ2v) is 5.90. The summed E-state index contributed by atoms with van der Waals surface area (Å²) in [7, 11) is 0. The van der Waals surface area contributed by atoms with Crippen LogP contribution < -0.4 is 15.4 Å². The molecule has 2 aromatic rings. The minimum atomic E-state index is -0.428. The average molecular weight is 324 g/mol. The van der Waals surface area contributed by atoms with E-state index < -0.39 is 6.04 Å². The number of hydrogen-bond donors (Lipinski definition) is 2. The molecule has 2 amide bonds. The molecule has 0 radical (unpaired) electrons. The molecule has 0 spiro atoms. The van der Waals surface area contributed by atoms with Crippen molar-refractivity contribution in [3.05, 3.63) is 59.7 Å². The molecule has 1 fully saturated rings. The van der Waals surface area contributed by atoms with Crippen molar-refractivity contribution >= 4 is 11.8 Å². The second kappa shape index (κ2) is 7.17. The molecule has 1 atom stereocenters. The van der Waals surface area contributed by atoms with Crippen LogP contribution in [0.2, 0.25) is 0 Å². The number of hydrogen-bond acceptors (Lipinski definition) is 3. The molecule has 1 saturated heterocycles. The lowest BCUT2D eigenvalue weighted by Crippen LogP contribution is -2.41. The van der Waals surface area contributed by atoms with Crippen LogP contribution >= 0.6 is 0 Å². The van der Waals surface area contributed by atoms with E-state index in [1.54, 1.807) is 0 Å². The van der Waals surface area contributed by atoms with Gasteiger partial charge in [-0.15, -0.1) is 0 Å². The lowest BCUT2D eigenvalue weighted by atomic mass is 10.1. The van der Waals surface area contributed by atoms with E-state index in [4.69, 9.17) is 4.74 Å². The zero-order chi connectivity index (χ0) is 16.9. The van der Waals surface area contributed by atoms with Crippen LogP contribution in [-0.4, -0.2) is 17.9 Å². The molecule has 124 valence electrons. The van der Waals surface area contributed by atoms with Crippen molar-refractivity contribution in [1.82, 2.24) is 10.6 Å².